The Morgan fingerprint density at radius 2 is 2.06 bits per heavy atom. The molecule has 0 unspecified atom stereocenters. The lowest BCUT2D eigenvalue weighted by molar-refractivity contribution is 0.550. The molecule has 16 heavy (non-hydrogen) atoms. The van der Waals surface area contributed by atoms with Gasteiger partial charge >= 0.3 is 0 Å². The Morgan fingerprint density at radius 1 is 1.31 bits per heavy atom. The van der Waals surface area contributed by atoms with Gasteiger partial charge in [0, 0.05) is 29.7 Å². The van der Waals surface area contributed by atoms with Gasteiger partial charge in [-0.3, -0.25) is 0 Å². The Labute approximate surface area is 96.3 Å². The number of nitrogens with zero attached hydrogens (tertiary/aromatic N) is 1. The number of para-hydroxylation sites is 1. The maximum Gasteiger partial charge on any atom is 0.0480 e. The highest BCUT2D eigenvalue weighted by Crippen LogP contribution is 2.39. The molecule has 84 valence electrons. The summed E-state index contributed by atoms with van der Waals surface area (Å²) >= 11 is 0. The SMILES string of the molecule is CNC1(Cc2cn(C)c3ccccc23)CC1. The van der Waals surface area contributed by atoms with E-state index in [-0.39, 0.29) is 0 Å². The minimum absolute atomic E-state index is 0.393. The van der Waals surface area contributed by atoms with Gasteiger partial charge in [0.1, 0.15) is 0 Å². The van der Waals surface area contributed by atoms with Gasteiger partial charge in [0.2, 0.25) is 0 Å². The molecule has 2 heteroatoms. The van der Waals surface area contributed by atoms with Crippen LogP contribution < -0.4 is 5.32 Å². The number of aromatic nitrogens is 1. The van der Waals surface area contributed by atoms with Crippen LogP contribution in [0, 0.1) is 0 Å². The highest BCUT2D eigenvalue weighted by molar-refractivity contribution is 5.84. The van der Waals surface area contributed by atoms with Crippen LogP contribution in [0.15, 0.2) is 30.5 Å². The van der Waals surface area contributed by atoms with Crippen molar-refractivity contribution in [3.63, 3.8) is 0 Å². The predicted octanol–water partition coefficient (Wildman–Crippen LogP) is 2.47. The average molecular weight is 214 g/mol. The molecule has 3 rings (SSSR count). The highest BCUT2D eigenvalue weighted by atomic mass is 15.0. The maximum absolute atomic E-state index is 3.47. The van der Waals surface area contributed by atoms with Crippen molar-refractivity contribution in [3.05, 3.63) is 36.0 Å². The first-order chi connectivity index (χ1) is 7.74. The van der Waals surface area contributed by atoms with E-state index in [1.54, 1.807) is 0 Å². The van der Waals surface area contributed by atoms with E-state index in [0.717, 1.165) is 6.42 Å². The normalized spacial score (nSPS) is 17.9. The third-order valence-electron chi connectivity index (χ3n) is 3.89. The smallest absolute Gasteiger partial charge is 0.0480 e. The van der Waals surface area contributed by atoms with Gasteiger partial charge in [-0.1, -0.05) is 18.2 Å². The maximum atomic E-state index is 3.47. The Hall–Kier alpha value is -1.28. The van der Waals surface area contributed by atoms with E-state index in [9.17, 15) is 0 Å². The number of aryl methyl sites for hydroxylation is 1. The fraction of sp³-hybridized carbons (Fsp3) is 0.429. The van der Waals surface area contributed by atoms with Gasteiger partial charge in [-0.25, -0.2) is 0 Å². The Balaban J connectivity index is 2.04. The number of hydrogen-bond donors (Lipinski definition) is 1. The van der Waals surface area contributed by atoms with Crippen LogP contribution in [0.1, 0.15) is 18.4 Å². The quantitative estimate of drug-likeness (QED) is 0.830. The summed E-state index contributed by atoms with van der Waals surface area (Å²) in [5.74, 6) is 0. The monoisotopic (exact) mass is 214 g/mol. The number of fused-ring (bicyclic) bond motifs is 1. The lowest BCUT2D eigenvalue weighted by atomic mass is 10.0. The second-order valence-electron chi connectivity index (χ2n) is 4.99. The molecule has 1 heterocycles. The van der Waals surface area contributed by atoms with Crippen molar-refractivity contribution >= 4 is 10.9 Å². The van der Waals surface area contributed by atoms with E-state index in [0.29, 0.717) is 5.54 Å². The summed E-state index contributed by atoms with van der Waals surface area (Å²) in [6.45, 7) is 0. The summed E-state index contributed by atoms with van der Waals surface area (Å²) in [7, 11) is 4.21. The van der Waals surface area contributed by atoms with Crippen LogP contribution in [0.25, 0.3) is 10.9 Å². The number of nitrogens with one attached hydrogen (secondary N) is 1. The van der Waals surface area contributed by atoms with E-state index in [4.69, 9.17) is 0 Å². The first-order valence-corrected chi connectivity index (χ1v) is 5.96. The van der Waals surface area contributed by atoms with E-state index < -0.39 is 0 Å². The Kier molecular flexibility index (Phi) is 2.08. The summed E-state index contributed by atoms with van der Waals surface area (Å²) < 4.78 is 2.23. The van der Waals surface area contributed by atoms with Crippen LogP contribution in [0.4, 0.5) is 0 Å². The van der Waals surface area contributed by atoms with Crippen molar-refractivity contribution in [1.82, 2.24) is 9.88 Å². The van der Waals surface area contributed by atoms with Gasteiger partial charge in [0.25, 0.3) is 0 Å². The zero-order chi connectivity index (χ0) is 11.2. The first kappa shape index (κ1) is 9.91. The molecule has 0 saturated heterocycles. The molecule has 1 aliphatic carbocycles. The molecule has 1 N–H and O–H groups in total. The fourth-order valence-electron chi connectivity index (χ4n) is 2.60. The van der Waals surface area contributed by atoms with Gasteiger partial charge in [0.05, 0.1) is 0 Å². The molecular formula is C14H18N2. The average Bonchev–Trinajstić information content (AvgIpc) is 3.02. The van der Waals surface area contributed by atoms with E-state index in [1.165, 1.54) is 29.3 Å². The molecule has 0 aliphatic heterocycles. The van der Waals surface area contributed by atoms with E-state index in [2.05, 4.69) is 54.4 Å². The molecule has 1 aliphatic rings. The lowest BCUT2D eigenvalue weighted by Crippen LogP contribution is -2.29. The fourth-order valence-corrected chi connectivity index (χ4v) is 2.60. The van der Waals surface area contributed by atoms with Gasteiger partial charge in [-0.2, -0.15) is 0 Å². The molecule has 0 radical (unpaired) electrons. The molecule has 0 spiro atoms. The first-order valence-electron chi connectivity index (χ1n) is 5.96. The van der Waals surface area contributed by atoms with Gasteiger partial charge in [-0.15, -0.1) is 0 Å². The van der Waals surface area contributed by atoms with Crippen molar-refractivity contribution in [2.75, 3.05) is 7.05 Å². The zero-order valence-electron chi connectivity index (χ0n) is 9.96. The number of likely N-dealkylation sites (N-methyl/N-ethyl adjacent to an activating group) is 1. The summed E-state index contributed by atoms with van der Waals surface area (Å²) in [5.41, 5.74) is 3.21. The van der Waals surface area contributed by atoms with Crippen molar-refractivity contribution in [2.24, 2.45) is 7.05 Å². The zero-order valence-corrected chi connectivity index (χ0v) is 9.96. The van der Waals surface area contributed by atoms with Crippen LogP contribution in [-0.2, 0) is 13.5 Å². The van der Waals surface area contributed by atoms with Crippen molar-refractivity contribution < 1.29 is 0 Å². The number of benzene rings is 1. The van der Waals surface area contributed by atoms with E-state index >= 15 is 0 Å². The molecule has 0 amide bonds. The molecule has 0 atom stereocenters. The van der Waals surface area contributed by atoms with Gasteiger partial charge in [0.15, 0.2) is 0 Å². The van der Waals surface area contributed by atoms with Crippen LogP contribution in [0.2, 0.25) is 0 Å². The molecule has 2 nitrogen and oxygen atoms in total. The predicted molar refractivity (Wildman–Crippen MR) is 67.6 cm³/mol. The standard InChI is InChI=1S/C14H18N2/c1-15-14(7-8-14)9-11-10-16(2)13-6-4-3-5-12(11)13/h3-6,10,15H,7-9H2,1-2H3. The Morgan fingerprint density at radius 3 is 2.75 bits per heavy atom. The number of rotatable bonds is 3. The lowest BCUT2D eigenvalue weighted by Gasteiger charge is -2.12. The molecule has 1 aromatic heterocycles. The van der Waals surface area contributed by atoms with E-state index in [1.807, 2.05) is 0 Å². The minimum Gasteiger partial charge on any atom is -0.350 e. The molecular weight excluding hydrogens is 196 g/mol. The number of hydrogen-bond acceptors (Lipinski definition) is 1. The van der Waals surface area contributed by atoms with Crippen molar-refractivity contribution in [2.45, 2.75) is 24.8 Å². The second-order valence-corrected chi connectivity index (χ2v) is 4.99. The molecule has 1 fully saturated rings. The largest absolute Gasteiger partial charge is 0.350 e. The topological polar surface area (TPSA) is 17.0 Å². The van der Waals surface area contributed by atoms with Crippen LogP contribution in [0.5, 0.6) is 0 Å². The Bertz CT molecular complexity index is 521. The summed E-state index contributed by atoms with van der Waals surface area (Å²) in [6, 6.07) is 8.66. The minimum atomic E-state index is 0.393. The summed E-state index contributed by atoms with van der Waals surface area (Å²) in [4.78, 5) is 0. The molecule has 2 aromatic rings. The summed E-state index contributed by atoms with van der Waals surface area (Å²) in [5, 5.41) is 4.87. The molecule has 0 bridgehead atoms. The highest BCUT2D eigenvalue weighted by Gasteiger charge is 2.41. The van der Waals surface area contributed by atoms with Crippen LogP contribution in [0.3, 0.4) is 0 Å². The molecule has 1 aromatic carbocycles. The van der Waals surface area contributed by atoms with Crippen LogP contribution >= 0.6 is 0 Å². The second kappa shape index (κ2) is 3.36. The van der Waals surface area contributed by atoms with Crippen molar-refractivity contribution in [3.8, 4) is 0 Å². The van der Waals surface area contributed by atoms with Gasteiger partial charge in [-0.05, 0) is 37.9 Å². The molecule has 1 saturated carbocycles. The third-order valence-corrected chi connectivity index (χ3v) is 3.89. The third kappa shape index (κ3) is 1.45. The van der Waals surface area contributed by atoms with Gasteiger partial charge < -0.3 is 9.88 Å². The van der Waals surface area contributed by atoms with Crippen LogP contribution in [-0.4, -0.2) is 17.2 Å². The summed E-state index contributed by atoms with van der Waals surface area (Å²) in [6.07, 6.45) is 6.06. The van der Waals surface area contributed by atoms with Crippen molar-refractivity contribution in [1.29, 1.82) is 0 Å².